The van der Waals surface area contributed by atoms with Crippen LogP contribution in [-0.4, -0.2) is 0 Å². The summed E-state index contributed by atoms with van der Waals surface area (Å²) in [6.07, 6.45) is 0. The maximum atomic E-state index is 0. The molecule has 0 saturated heterocycles. The molecule has 0 aromatic heterocycles. The second kappa shape index (κ2) is 17.5. The summed E-state index contributed by atoms with van der Waals surface area (Å²) in [5, 5.41) is 0. The topological polar surface area (TPSA) is 0 Å². The van der Waals surface area contributed by atoms with Gasteiger partial charge in [-0.3, -0.25) is 0 Å². The molecule has 4 heteroatoms. The van der Waals surface area contributed by atoms with E-state index in [9.17, 15) is 0 Å². The molecule has 0 aliphatic rings. The molecule has 4 heavy (non-hydrogen) atoms. The van der Waals surface area contributed by atoms with Gasteiger partial charge in [-0.15, -0.1) is 0 Å². The largest absolute Gasteiger partial charge is 0 e. The van der Waals surface area contributed by atoms with Crippen LogP contribution in [0.15, 0.2) is 0 Å². The van der Waals surface area contributed by atoms with Crippen molar-refractivity contribution in [3.8, 4) is 0 Å². The summed E-state index contributed by atoms with van der Waals surface area (Å²) < 4.78 is 0. The van der Waals surface area contributed by atoms with Crippen LogP contribution in [0.25, 0.3) is 0 Å². The van der Waals surface area contributed by atoms with Gasteiger partial charge in [-0.2, -0.15) is 0 Å². The van der Waals surface area contributed by atoms with Gasteiger partial charge in [0, 0.05) is 80.9 Å². The van der Waals surface area contributed by atoms with Crippen molar-refractivity contribution in [2.24, 2.45) is 0 Å². The van der Waals surface area contributed by atoms with E-state index in [1.807, 2.05) is 0 Å². The van der Waals surface area contributed by atoms with Crippen LogP contribution in [0.3, 0.4) is 0 Å². The molecule has 0 saturated carbocycles. The fraction of sp³-hybridized carbons (Fsp3) is 0. The number of hydrogen-bond acceptors (Lipinski definition) is 0. The van der Waals surface area contributed by atoms with E-state index in [4.69, 9.17) is 0 Å². The van der Waals surface area contributed by atoms with Crippen molar-refractivity contribution >= 4 is 0 Å². The van der Waals surface area contributed by atoms with Crippen molar-refractivity contribution in [3.63, 3.8) is 0 Å². The molecule has 39 valence electrons. The molecule has 0 rings (SSSR count). The van der Waals surface area contributed by atoms with Crippen LogP contribution in [0.5, 0.6) is 0 Å². The van der Waals surface area contributed by atoms with Crippen molar-refractivity contribution in [2.75, 3.05) is 0 Å². The molecule has 0 aliphatic carbocycles. The molecule has 0 N–H and O–H groups in total. The Bertz CT molecular complexity index is 8.00. The SMILES string of the molecule is [Au].[Fe].[Pd].[Pt]. The Labute approximate surface area is 79.8 Å². The van der Waals surface area contributed by atoms with Crippen LogP contribution in [0.2, 0.25) is 0 Å². The average molecular weight is 554 g/mol. The van der Waals surface area contributed by atoms with Crippen molar-refractivity contribution < 1.29 is 80.9 Å². The predicted molar refractivity (Wildman–Crippen MR) is 0 cm³/mol. The van der Waals surface area contributed by atoms with Crippen LogP contribution >= 0.6 is 0 Å². The Hall–Kier alpha value is 2.61. The van der Waals surface area contributed by atoms with E-state index in [1.54, 1.807) is 0 Å². The van der Waals surface area contributed by atoms with Crippen molar-refractivity contribution in [3.05, 3.63) is 0 Å². The van der Waals surface area contributed by atoms with Gasteiger partial charge >= 0.3 is 0 Å². The van der Waals surface area contributed by atoms with Gasteiger partial charge in [-0.1, -0.05) is 0 Å². The fourth-order valence-electron chi connectivity index (χ4n) is 0. The Morgan fingerprint density at radius 3 is 1.00 bits per heavy atom. The summed E-state index contributed by atoms with van der Waals surface area (Å²) in [4.78, 5) is 0. The maximum Gasteiger partial charge on any atom is 0 e. The molecule has 0 fully saturated rings. The van der Waals surface area contributed by atoms with Crippen molar-refractivity contribution in [1.82, 2.24) is 0 Å². The predicted octanol–water partition coefficient (Wildman–Crippen LogP) is -0.0100. The minimum atomic E-state index is 0. The second-order valence-electron chi connectivity index (χ2n) is 0. The third-order valence-electron chi connectivity index (χ3n) is 0. The average Bonchev–Trinajstić information content (AvgIpc) is 0. The standard InChI is InChI=1S/Au.Fe.Pd.Pt. The summed E-state index contributed by atoms with van der Waals surface area (Å²) >= 11 is 0. The first-order valence-electron chi connectivity index (χ1n) is 0. The van der Waals surface area contributed by atoms with Gasteiger partial charge in [0.15, 0.2) is 0 Å². The van der Waals surface area contributed by atoms with E-state index in [2.05, 4.69) is 0 Å². The van der Waals surface area contributed by atoms with Crippen LogP contribution in [0.1, 0.15) is 0 Å². The van der Waals surface area contributed by atoms with Gasteiger partial charge < -0.3 is 0 Å². The first-order chi connectivity index (χ1) is 0. The Morgan fingerprint density at radius 2 is 1.00 bits per heavy atom. The summed E-state index contributed by atoms with van der Waals surface area (Å²) in [7, 11) is 0. The van der Waals surface area contributed by atoms with E-state index < -0.39 is 0 Å². The molecule has 0 bridgehead atoms. The molecule has 0 atom stereocenters. The van der Waals surface area contributed by atoms with Gasteiger partial charge in [-0.05, 0) is 0 Å². The maximum absolute atomic E-state index is 0. The quantitative estimate of drug-likeness (QED) is 0.370. The molecule has 0 amide bonds. The monoisotopic (exact) mass is 554 g/mol. The number of hydrogen-bond donors (Lipinski definition) is 0. The van der Waals surface area contributed by atoms with E-state index in [0.29, 0.717) is 0 Å². The molecule has 0 unspecified atom stereocenters. The third kappa shape index (κ3) is 8.82. The van der Waals surface area contributed by atoms with Gasteiger partial charge in [0.25, 0.3) is 0 Å². The molecule has 0 aromatic rings. The molecule has 0 aromatic carbocycles. The molecule has 0 heterocycles. The van der Waals surface area contributed by atoms with Crippen LogP contribution in [0, 0.1) is 0 Å². The summed E-state index contributed by atoms with van der Waals surface area (Å²) in [5.74, 6) is 0. The zero-order chi connectivity index (χ0) is 0. The minimum absolute atomic E-state index is 0. The van der Waals surface area contributed by atoms with Crippen molar-refractivity contribution in [1.29, 1.82) is 0 Å². The Morgan fingerprint density at radius 1 is 1.00 bits per heavy atom. The van der Waals surface area contributed by atoms with Crippen LogP contribution in [-0.2, 0) is 80.9 Å². The summed E-state index contributed by atoms with van der Waals surface area (Å²) in [6, 6.07) is 0. The normalized spacial score (nSPS) is 0. The molecular weight excluding hydrogens is 554 g/mol. The molecular formula is AuFePdPt. The van der Waals surface area contributed by atoms with Gasteiger partial charge in [0.05, 0.1) is 0 Å². The Balaban J connectivity index is 0. The number of rotatable bonds is 0. The Kier molecular flexibility index (Phi) is 134. The summed E-state index contributed by atoms with van der Waals surface area (Å²) in [6.45, 7) is 0. The minimum Gasteiger partial charge on any atom is 0 e. The van der Waals surface area contributed by atoms with E-state index in [1.165, 1.54) is 0 Å². The van der Waals surface area contributed by atoms with E-state index >= 15 is 0 Å². The summed E-state index contributed by atoms with van der Waals surface area (Å²) in [5.41, 5.74) is 0. The second-order valence-corrected chi connectivity index (χ2v) is 0. The van der Waals surface area contributed by atoms with Crippen molar-refractivity contribution in [2.45, 2.75) is 0 Å². The van der Waals surface area contributed by atoms with Crippen LogP contribution in [0.4, 0.5) is 0 Å². The first-order valence-corrected chi connectivity index (χ1v) is 0. The zero-order valence-corrected chi connectivity index (χ0v) is 8.38. The molecule has 0 aliphatic heterocycles. The van der Waals surface area contributed by atoms with Gasteiger partial charge in [-0.25, -0.2) is 0 Å². The van der Waals surface area contributed by atoms with E-state index in [-0.39, 0.29) is 80.9 Å². The molecule has 0 spiro atoms. The first kappa shape index (κ1) is 30.5. The van der Waals surface area contributed by atoms with E-state index in [0.717, 1.165) is 0 Å². The van der Waals surface area contributed by atoms with Gasteiger partial charge in [0.2, 0.25) is 0 Å². The van der Waals surface area contributed by atoms with Crippen LogP contribution < -0.4 is 0 Å². The molecule has 1 radical (unpaired) electrons. The van der Waals surface area contributed by atoms with Gasteiger partial charge in [0.1, 0.15) is 0 Å². The fourth-order valence-corrected chi connectivity index (χ4v) is 0. The smallest absolute Gasteiger partial charge is 0 e. The molecule has 0 nitrogen and oxygen atoms in total. The zero-order valence-electron chi connectivity index (χ0n) is 1.29. The third-order valence-corrected chi connectivity index (χ3v) is 0.